The standard InChI is InChI=1S/C18H26FN2O9P/c1-4-28-31(26)8-7-11-15(30-13(23)6-5-12(22)27-3)14(19)17(29-11)21-9-10(2)16(24)20-18(21)25/h9,11,14-15,17,31H,4-8H2,1-3H3,(H,20,24,25)/t11?,14-,15-,17?/m1/s1. The summed E-state index contributed by atoms with van der Waals surface area (Å²) < 4.78 is 48.3. The minimum atomic E-state index is -2.39. The zero-order valence-electron chi connectivity index (χ0n) is 17.4. The predicted molar refractivity (Wildman–Crippen MR) is 106 cm³/mol. The van der Waals surface area contributed by atoms with Crippen LogP contribution in [-0.4, -0.2) is 59.7 Å². The fraction of sp³-hybridized carbons (Fsp3) is 0.667. The Morgan fingerprint density at radius 2 is 1.97 bits per heavy atom. The maximum absolute atomic E-state index is 15.3. The van der Waals surface area contributed by atoms with Crippen LogP contribution in [0.5, 0.6) is 0 Å². The zero-order valence-corrected chi connectivity index (χ0v) is 18.4. The largest absolute Gasteiger partial charge is 0.469 e. The van der Waals surface area contributed by atoms with Crippen LogP contribution >= 0.6 is 8.03 Å². The van der Waals surface area contributed by atoms with Crippen LogP contribution in [-0.2, 0) is 32.9 Å². The minimum absolute atomic E-state index is 0.0424. The first-order valence-corrected chi connectivity index (χ1v) is 11.2. The summed E-state index contributed by atoms with van der Waals surface area (Å²) in [5, 5.41) is 0. The molecule has 13 heteroatoms. The number of H-pyrrole nitrogens is 1. The summed E-state index contributed by atoms with van der Waals surface area (Å²) in [6.45, 7) is 3.36. The van der Waals surface area contributed by atoms with Crippen molar-refractivity contribution in [3.63, 3.8) is 0 Å². The van der Waals surface area contributed by atoms with Crippen molar-refractivity contribution in [1.82, 2.24) is 9.55 Å². The summed E-state index contributed by atoms with van der Waals surface area (Å²) in [5.41, 5.74) is -1.35. The molecule has 0 radical (unpaired) electrons. The van der Waals surface area contributed by atoms with Gasteiger partial charge >= 0.3 is 17.6 Å². The van der Waals surface area contributed by atoms with Crippen molar-refractivity contribution in [2.24, 2.45) is 0 Å². The molecule has 0 saturated carbocycles. The van der Waals surface area contributed by atoms with Crippen LogP contribution in [0.3, 0.4) is 0 Å². The Morgan fingerprint density at radius 3 is 2.61 bits per heavy atom. The Hall–Kier alpha value is -2.30. The van der Waals surface area contributed by atoms with Crippen LogP contribution in [0, 0.1) is 6.92 Å². The highest BCUT2D eigenvalue weighted by Gasteiger charge is 2.48. The van der Waals surface area contributed by atoms with Crippen LogP contribution < -0.4 is 11.2 Å². The molecule has 1 N–H and O–H groups in total. The molecule has 1 aromatic heterocycles. The summed E-state index contributed by atoms with van der Waals surface area (Å²) in [5.74, 6) is -1.48. The summed E-state index contributed by atoms with van der Waals surface area (Å²) >= 11 is 0. The maximum atomic E-state index is 15.3. The van der Waals surface area contributed by atoms with Crippen LogP contribution in [0.2, 0.25) is 0 Å². The zero-order chi connectivity index (χ0) is 23.1. The van der Waals surface area contributed by atoms with Crippen LogP contribution in [0.25, 0.3) is 0 Å². The van der Waals surface area contributed by atoms with Gasteiger partial charge in [-0.2, -0.15) is 0 Å². The van der Waals surface area contributed by atoms with Gasteiger partial charge in [-0.25, -0.2) is 9.18 Å². The second kappa shape index (κ2) is 11.4. The van der Waals surface area contributed by atoms with E-state index in [4.69, 9.17) is 14.0 Å². The van der Waals surface area contributed by atoms with Crippen LogP contribution in [0.15, 0.2) is 15.8 Å². The number of halogens is 1. The number of carbonyl (C=O) groups excluding carboxylic acids is 2. The number of rotatable bonds is 10. The first-order chi connectivity index (χ1) is 14.7. The van der Waals surface area contributed by atoms with Gasteiger partial charge in [-0.05, 0) is 20.3 Å². The van der Waals surface area contributed by atoms with Crippen molar-refractivity contribution in [3.05, 3.63) is 32.6 Å². The number of hydrogen-bond donors (Lipinski definition) is 1. The van der Waals surface area contributed by atoms with Gasteiger partial charge in [0.25, 0.3) is 5.56 Å². The van der Waals surface area contributed by atoms with E-state index in [-0.39, 0.29) is 37.6 Å². The summed E-state index contributed by atoms with van der Waals surface area (Å²) in [7, 11) is -1.22. The average Bonchev–Trinajstić information content (AvgIpc) is 3.03. The van der Waals surface area contributed by atoms with E-state index in [0.717, 1.165) is 10.8 Å². The smallest absolute Gasteiger partial charge is 0.330 e. The van der Waals surface area contributed by atoms with Crippen LogP contribution in [0.1, 0.15) is 38.0 Å². The fourth-order valence-corrected chi connectivity index (χ4v) is 4.06. The predicted octanol–water partition coefficient (Wildman–Crippen LogP) is 0.847. The molecular weight excluding hydrogens is 438 g/mol. The molecule has 1 aliphatic heterocycles. The van der Waals surface area contributed by atoms with Crippen molar-refractivity contribution in [3.8, 4) is 0 Å². The number of carbonyl (C=O) groups is 2. The first kappa shape index (κ1) is 25.0. The third-order valence-electron chi connectivity index (χ3n) is 4.65. The lowest BCUT2D eigenvalue weighted by Gasteiger charge is -2.19. The minimum Gasteiger partial charge on any atom is -0.469 e. The first-order valence-electron chi connectivity index (χ1n) is 9.71. The molecule has 0 aromatic carbocycles. The van der Waals surface area contributed by atoms with Gasteiger partial charge in [-0.3, -0.25) is 28.5 Å². The van der Waals surface area contributed by atoms with Crippen molar-refractivity contribution < 1.29 is 37.3 Å². The second-order valence-electron chi connectivity index (χ2n) is 6.86. The molecule has 3 unspecified atom stereocenters. The van der Waals surface area contributed by atoms with Gasteiger partial charge < -0.3 is 18.7 Å². The molecule has 1 aliphatic rings. The molecule has 11 nitrogen and oxygen atoms in total. The molecule has 174 valence electrons. The topological polar surface area (TPSA) is 143 Å². The molecule has 2 rings (SSSR count). The van der Waals surface area contributed by atoms with Gasteiger partial charge in [0.2, 0.25) is 0 Å². The molecule has 31 heavy (non-hydrogen) atoms. The van der Waals surface area contributed by atoms with Gasteiger partial charge in [0.05, 0.1) is 26.6 Å². The molecule has 0 bridgehead atoms. The van der Waals surface area contributed by atoms with Gasteiger partial charge in [0.15, 0.2) is 26.5 Å². The van der Waals surface area contributed by atoms with E-state index in [1.165, 1.54) is 14.0 Å². The van der Waals surface area contributed by atoms with E-state index in [0.29, 0.717) is 0 Å². The van der Waals surface area contributed by atoms with E-state index in [1.54, 1.807) is 6.92 Å². The Bertz CT molecular complexity index is 931. The van der Waals surface area contributed by atoms with E-state index in [1.807, 2.05) is 0 Å². The van der Waals surface area contributed by atoms with Gasteiger partial charge in [-0.15, -0.1) is 0 Å². The van der Waals surface area contributed by atoms with E-state index >= 15 is 4.39 Å². The van der Waals surface area contributed by atoms with E-state index in [2.05, 4.69) is 9.72 Å². The highest BCUT2D eigenvalue weighted by Crippen LogP contribution is 2.37. The summed E-state index contributed by atoms with van der Waals surface area (Å²) in [6, 6.07) is 0. The third kappa shape index (κ3) is 6.59. The molecule has 1 aromatic rings. The second-order valence-corrected chi connectivity index (χ2v) is 8.40. The molecule has 1 saturated heterocycles. The number of methoxy groups -OCH3 is 1. The average molecular weight is 464 g/mol. The molecule has 0 aliphatic carbocycles. The maximum Gasteiger partial charge on any atom is 0.330 e. The molecule has 1 fully saturated rings. The highest BCUT2D eigenvalue weighted by molar-refractivity contribution is 7.39. The number of esters is 2. The van der Waals surface area contributed by atoms with Gasteiger partial charge in [-0.1, -0.05) is 0 Å². The number of aryl methyl sites for hydroxylation is 1. The summed E-state index contributed by atoms with van der Waals surface area (Å²) in [4.78, 5) is 49.1. The molecule has 2 heterocycles. The molecular formula is C18H26FN2O9P. The molecule has 5 atom stereocenters. The van der Waals surface area contributed by atoms with Crippen molar-refractivity contribution >= 4 is 20.0 Å². The number of aromatic amines is 1. The quantitative estimate of drug-likeness (QED) is 0.394. The number of alkyl halides is 1. The number of hydrogen-bond acceptors (Lipinski definition) is 9. The van der Waals surface area contributed by atoms with Crippen molar-refractivity contribution in [1.29, 1.82) is 0 Å². The Morgan fingerprint density at radius 1 is 1.29 bits per heavy atom. The lowest BCUT2D eigenvalue weighted by molar-refractivity contribution is -0.156. The molecule has 0 amide bonds. The van der Waals surface area contributed by atoms with E-state index < -0.39 is 55.8 Å². The van der Waals surface area contributed by atoms with E-state index in [9.17, 15) is 23.7 Å². The van der Waals surface area contributed by atoms with Gasteiger partial charge in [0, 0.05) is 17.9 Å². The van der Waals surface area contributed by atoms with Crippen LogP contribution in [0.4, 0.5) is 4.39 Å². The number of nitrogens with zero attached hydrogens (tertiary/aromatic N) is 1. The monoisotopic (exact) mass is 464 g/mol. The normalized spacial score (nSPS) is 24.0. The molecule has 0 spiro atoms. The highest BCUT2D eigenvalue weighted by atomic mass is 31.1. The fourth-order valence-electron chi connectivity index (χ4n) is 3.08. The van der Waals surface area contributed by atoms with Crippen molar-refractivity contribution in [2.45, 2.75) is 57.7 Å². The lowest BCUT2D eigenvalue weighted by Crippen LogP contribution is -2.38. The number of aromatic nitrogens is 2. The number of nitrogens with one attached hydrogen (secondary N) is 1. The lowest BCUT2D eigenvalue weighted by atomic mass is 10.1. The third-order valence-corrected chi connectivity index (χ3v) is 5.96. The number of ether oxygens (including phenoxy) is 3. The van der Waals surface area contributed by atoms with Gasteiger partial charge in [0.1, 0.15) is 6.10 Å². The Balaban J connectivity index is 2.21. The Kier molecular flexibility index (Phi) is 9.15. The Labute approximate surface area is 177 Å². The SMILES string of the molecule is CCO[PH](=O)CCC1OC(n2cc(C)c(=O)[nH]c2=O)[C@H](F)[C@@H]1OC(=O)CCC(=O)OC. The van der Waals surface area contributed by atoms with Crippen molar-refractivity contribution in [2.75, 3.05) is 19.9 Å². The summed E-state index contributed by atoms with van der Waals surface area (Å²) in [6.07, 6.45) is -5.18.